The lowest BCUT2D eigenvalue weighted by molar-refractivity contribution is -0.116. The van der Waals surface area contributed by atoms with Crippen molar-refractivity contribution in [3.05, 3.63) is 24.3 Å². The molecule has 1 amide bonds. The maximum atomic E-state index is 11.9. The van der Waals surface area contributed by atoms with Crippen molar-refractivity contribution in [3.8, 4) is 5.75 Å². The Morgan fingerprint density at radius 2 is 2.00 bits per heavy atom. The topological polar surface area (TPSA) is 102 Å². The summed E-state index contributed by atoms with van der Waals surface area (Å²) in [5.74, 6) is 0.656. The first-order chi connectivity index (χ1) is 10.5. The van der Waals surface area contributed by atoms with Crippen LogP contribution in [0.4, 0.5) is 5.69 Å². The fourth-order valence-corrected chi connectivity index (χ4v) is 3.73. The summed E-state index contributed by atoms with van der Waals surface area (Å²) in [4.78, 5) is 11.9. The molecule has 1 fully saturated rings. The van der Waals surface area contributed by atoms with Gasteiger partial charge in [0.2, 0.25) is 15.9 Å². The lowest BCUT2D eigenvalue weighted by atomic mass is 10.3. The number of nitrogens with zero attached hydrogens (tertiary/aromatic N) is 1. The van der Waals surface area contributed by atoms with Crippen LogP contribution in [-0.4, -0.2) is 50.6 Å². The number of benzene rings is 1. The van der Waals surface area contributed by atoms with E-state index in [4.69, 9.17) is 10.5 Å². The molecule has 7 nitrogen and oxygen atoms in total. The minimum atomic E-state index is -3.14. The molecule has 23 heavy (non-hydrogen) atoms. The molecule has 1 aliphatic heterocycles. The van der Waals surface area contributed by atoms with Crippen molar-refractivity contribution in [2.45, 2.75) is 12.8 Å². The molecule has 2 rings (SSSR count). The predicted octanol–water partition coefficient (Wildman–Crippen LogP) is 0.810. The zero-order chi connectivity index (χ0) is 16.0. The lowest BCUT2D eigenvalue weighted by Gasteiger charge is -2.13. The van der Waals surface area contributed by atoms with Crippen molar-refractivity contribution < 1.29 is 17.9 Å². The molecule has 3 N–H and O–H groups in total. The molecule has 0 saturated carbocycles. The van der Waals surface area contributed by atoms with Gasteiger partial charge in [0.05, 0.1) is 5.75 Å². The van der Waals surface area contributed by atoms with Gasteiger partial charge in [0, 0.05) is 31.7 Å². The molecule has 1 aliphatic rings. The SMILES string of the molecule is Cl.NCCOc1ccc(NC(=O)CCN2CCCS2(=O)=O)cc1. The Bertz CT molecular complexity index is 607. The first-order valence-corrected chi connectivity index (χ1v) is 8.83. The Balaban J connectivity index is 0.00000264. The van der Waals surface area contributed by atoms with E-state index in [0.717, 1.165) is 0 Å². The van der Waals surface area contributed by atoms with Gasteiger partial charge in [-0.3, -0.25) is 4.79 Å². The first kappa shape index (κ1) is 19.7. The maximum absolute atomic E-state index is 11.9. The van der Waals surface area contributed by atoms with Gasteiger partial charge in [-0.1, -0.05) is 0 Å². The van der Waals surface area contributed by atoms with E-state index in [1.807, 2.05) is 0 Å². The average molecular weight is 364 g/mol. The highest BCUT2D eigenvalue weighted by molar-refractivity contribution is 7.89. The fourth-order valence-electron chi connectivity index (χ4n) is 2.20. The van der Waals surface area contributed by atoms with Crippen molar-refractivity contribution in [3.63, 3.8) is 0 Å². The first-order valence-electron chi connectivity index (χ1n) is 7.22. The van der Waals surface area contributed by atoms with Crippen molar-refractivity contribution in [1.29, 1.82) is 0 Å². The summed E-state index contributed by atoms with van der Waals surface area (Å²) in [6.45, 7) is 1.61. The molecular weight excluding hydrogens is 342 g/mol. The second-order valence-corrected chi connectivity index (χ2v) is 7.12. The van der Waals surface area contributed by atoms with Crippen LogP contribution < -0.4 is 15.8 Å². The summed E-state index contributed by atoms with van der Waals surface area (Å²) in [5.41, 5.74) is 6.00. The largest absolute Gasteiger partial charge is 0.492 e. The molecule has 0 unspecified atom stereocenters. The zero-order valence-electron chi connectivity index (χ0n) is 12.7. The Morgan fingerprint density at radius 1 is 1.30 bits per heavy atom. The number of amides is 1. The number of rotatable bonds is 7. The summed E-state index contributed by atoms with van der Waals surface area (Å²) in [7, 11) is -3.14. The highest BCUT2D eigenvalue weighted by Gasteiger charge is 2.28. The Kier molecular flexibility index (Phi) is 7.77. The van der Waals surface area contributed by atoms with Gasteiger partial charge < -0.3 is 15.8 Å². The summed E-state index contributed by atoms with van der Waals surface area (Å²) in [6.07, 6.45) is 0.777. The average Bonchev–Trinajstić information content (AvgIpc) is 2.83. The number of nitrogens with one attached hydrogen (secondary N) is 1. The second kappa shape index (κ2) is 9.07. The van der Waals surface area contributed by atoms with Gasteiger partial charge in [-0.05, 0) is 30.7 Å². The quantitative estimate of drug-likeness (QED) is 0.746. The normalized spacial score (nSPS) is 16.6. The molecule has 1 aromatic rings. The van der Waals surface area contributed by atoms with Gasteiger partial charge in [0.25, 0.3) is 0 Å². The predicted molar refractivity (Wildman–Crippen MR) is 91.5 cm³/mol. The smallest absolute Gasteiger partial charge is 0.225 e. The maximum Gasteiger partial charge on any atom is 0.225 e. The van der Waals surface area contributed by atoms with Gasteiger partial charge in [0.15, 0.2) is 0 Å². The highest BCUT2D eigenvalue weighted by atomic mass is 35.5. The van der Waals surface area contributed by atoms with Crippen LogP contribution in [0.15, 0.2) is 24.3 Å². The van der Waals surface area contributed by atoms with Crippen LogP contribution >= 0.6 is 12.4 Å². The summed E-state index contributed by atoms with van der Waals surface area (Å²) in [5, 5.41) is 2.74. The summed E-state index contributed by atoms with van der Waals surface area (Å²) in [6, 6.07) is 6.96. The summed E-state index contributed by atoms with van der Waals surface area (Å²) < 4.78 is 30.0. The molecule has 0 atom stereocenters. The summed E-state index contributed by atoms with van der Waals surface area (Å²) >= 11 is 0. The van der Waals surface area contributed by atoms with Gasteiger partial charge in [-0.2, -0.15) is 0 Å². The van der Waals surface area contributed by atoms with Crippen LogP contribution in [0.5, 0.6) is 5.75 Å². The third kappa shape index (κ3) is 5.98. The van der Waals surface area contributed by atoms with E-state index < -0.39 is 10.0 Å². The van der Waals surface area contributed by atoms with Gasteiger partial charge >= 0.3 is 0 Å². The number of sulfonamides is 1. The highest BCUT2D eigenvalue weighted by Crippen LogP contribution is 2.17. The Morgan fingerprint density at radius 3 is 2.57 bits per heavy atom. The Labute approximate surface area is 142 Å². The minimum absolute atomic E-state index is 0. The van der Waals surface area contributed by atoms with Gasteiger partial charge in [-0.15, -0.1) is 12.4 Å². The third-order valence-corrected chi connectivity index (χ3v) is 5.27. The van der Waals surface area contributed by atoms with E-state index in [2.05, 4.69) is 5.32 Å². The van der Waals surface area contributed by atoms with Crippen LogP contribution in [-0.2, 0) is 14.8 Å². The van der Waals surface area contributed by atoms with Crippen molar-refractivity contribution >= 4 is 34.0 Å². The van der Waals surface area contributed by atoms with E-state index in [1.54, 1.807) is 24.3 Å². The van der Waals surface area contributed by atoms with Crippen molar-refractivity contribution in [1.82, 2.24) is 4.31 Å². The molecule has 1 saturated heterocycles. The number of nitrogens with two attached hydrogens (primary N) is 1. The molecule has 9 heteroatoms. The van der Waals surface area contributed by atoms with Crippen LogP contribution in [0.2, 0.25) is 0 Å². The molecule has 0 aromatic heterocycles. The monoisotopic (exact) mass is 363 g/mol. The van der Waals surface area contributed by atoms with Crippen LogP contribution in [0.25, 0.3) is 0 Å². The minimum Gasteiger partial charge on any atom is -0.492 e. The number of ether oxygens (including phenoxy) is 1. The third-order valence-electron chi connectivity index (χ3n) is 3.32. The molecular formula is C14H22ClN3O4S. The lowest BCUT2D eigenvalue weighted by Crippen LogP contribution is -2.29. The van der Waals surface area contributed by atoms with E-state index in [9.17, 15) is 13.2 Å². The number of hydrogen-bond donors (Lipinski definition) is 2. The molecule has 1 aromatic carbocycles. The fraction of sp³-hybridized carbons (Fsp3) is 0.500. The van der Waals surface area contributed by atoms with Crippen LogP contribution in [0, 0.1) is 0 Å². The molecule has 1 heterocycles. The van der Waals surface area contributed by atoms with Crippen molar-refractivity contribution in [2.75, 3.05) is 37.3 Å². The number of carbonyl (C=O) groups is 1. The van der Waals surface area contributed by atoms with Gasteiger partial charge in [-0.25, -0.2) is 12.7 Å². The molecule has 0 aliphatic carbocycles. The Hall–Kier alpha value is -1.35. The van der Waals surface area contributed by atoms with Crippen molar-refractivity contribution in [2.24, 2.45) is 5.73 Å². The molecule has 0 bridgehead atoms. The number of carbonyl (C=O) groups excluding carboxylic acids is 1. The molecule has 0 radical (unpaired) electrons. The molecule has 130 valence electrons. The van der Waals surface area contributed by atoms with E-state index in [0.29, 0.717) is 37.6 Å². The number of anilines is 1. The van der Waals surface area contributed by atoms with Crippen LogP contribution in [0.3, 0.4) is 0 Å². The van der Waals surface area contributed by atoms with Gasteiger partial charge in [0.1, 0.15) is 12.4 Å². The number of hydrogen-bond acceptors (Lipinski definition) is 5. The van der Waals surface area contributed by atoms with E-state index >= 15 is 0 Å². The second-order valence-electron chi connectivity index (χ2n) is 5.03. The van der Waals surface area contributed by atoms with E-state index in [-0.39, 0.29) is 37.0 Å². The zero-order valence-corrected chi connectivity index (χ0v) is 14.4. The number of halogens is 1. The standard InChI is InChI=1S/C14H21N3O4S.ClH/c15-7-10-21-13-4-2-12(3-5-13)16-14(18)6-9-17-8-1-11-22(17,19)20;/h2-5H,1,6-11,15H2,(H,16,18);1H. The van der Waals surface area contributed by atoms with Crippen LogP contribution in [0.1, 0.15) is 12.8 Å². The van der Waals surface area contributed by atoms with E-state index in [1.165, 1.54) is 4.31 Å². The molecule has 0 spiro atoms.